The van der Waals surface area contributed by atoms with Gasteiger partial charge in [0, 0.05) is 12.6 Å². The van der Waals surface area contributed by atoms with Gasteiger partial charge < -0.3 is 10.6 Å². The second kappa shape index (κ2) is 10.3. The van der Waals surface area contributed by atoms with Crippen LogP contribution in [0.25, 0.3) is 0 Å². The molecule has 0 bridgehead atoms. The number of benzene rings is 1. The molecule has 0 saturated heterocycles. The Hall–Kier alpha value is -1.51. The molecule has 1 aromatic rings. The second-order valence-electron chi connectivity index (χ2n) is 5.39. The molecule has 0 aliphatic carbocycles. The van der Waals surface area contributed by atoms with E-state index in [2.05, 4.69) is 36.6 Å². The highest BCUT2D eigenvalue weighted by atomic mass is 16.2. The van der Waals surface area contributed by atoms with Gasteiger partial charge in [-0.15, -0.1) is 0 Å². The molecule has 0 aliphatic rings. The Balaban J connectivity index is 2.05. The summed E-state index contributed by atoms with van der Waals surface area (Å²) in [6.07, 6.45) is 6.69. The third kappa shape index (κ3) is 7.82. The summed E-state index contributed by atoms with van der Waals surface area (Å²) in [6.45, 7) is 4.99. The predicted molar refractivity (Wildman–Crippen MR) is 84.9 cm³/mol. The van der Waals surface area contributed by atoms with Gasteiger partial charge in [-0.2, -0.15) is 0 Å². The summed E-state index contributed by atoms with van der Waals surface area (Å²) in [6, 6.07) is 10.6. The van der Waals surface area contributed by atoms with Crippen molar-refractivity contribution < 1.29 is 4.79 Å². The van der Waals surface area contributed by atoms with E-state index in [0.29, 0.717) is 0 Å². The summed E-state index contributed by atoms with van der Waals surface area (Å²) < 4.78 is 0. The lowest BCUT2D eigenvalue weighted by atomic mass is 10.1. The zero-order chi connectivity index (χ0) is 14.6. The average Bonchev–Trinajstić information content (AvgIpc) is 2.45. The molecule has 0 saturated carbocycles. The van der Waals surface area contributed by atoms with Gasteiger partial charge in [0.15, 0.2) is 0 Å². The lowest BCUT2D eigenvalue weighted by Gasteiger charge is -2.14. The molecule has 3 heteroatoms. The second-order valence-corrected chi connectivity index (χ2v) is 5.39. The van der Waals surface area contributed by atoms with Crippen LogP contribution < -0.4 is 10.6 Å². The minimum atomic E-state index is -0.0398. The van der Waals surface area contributed by atoms with Crippen LogP contribution in [0.5, 0.6) is 0 Å². The lowest BCUT2D eigenvalue weighted by molar-refractivity contribution is 0.237. The van der Waals surface area contributed by atoms with E-state index in [4.69, 9.17) is 0 Å². The van der Waals surface area contributed by atoms with Crippen LogP contribution in [0.2, 0.25) is 0 Å². The molecular formula is C17H28N2O. The Bertz CT molecular complexity index is 365. The van der Waals surface area contributed by atoms with Crippen molar-refractivity contribution in [2.75, 3.05) is 6.54 Å². The van der Waals surface area contributed by atoms with E-state index < -0.39 is 0 Å². The molecular weight excluding hydrogens is 248 g/mol. The zero-order valence-electron chi connectivity index (χ0n) is 12.8. The van der Waals surface area contributed by atoms with Gasteiger partial charge >= 0.3 is 6.03 Å². The van der Waals surface area contributed by atoms with E-state index in [0.717, 1.165) is 25.8 Å². The van der Waals surface area contributed by atoms with Gasteiger partial charge in [-0.25, -0.2) is 4.79 Å². The number of aryl methyl sites for hydroxylation is 1. The third-order valence-corrected chi connectivity index (χ3v) is 3.39. The number of hydrogen-bond donors (Lipinski definition) is 2. The molecule has 0 heterocycles. The van der Waals surface area contributed by atoms with E-state index in [1.807, 2.05) is 18.2 Å². The molecule has 20 heavy (non-hydrogen) atoms. The molecule has 1 atom stereocenters. The number of hydrogen-bond acceptors (Lipinski definition) is 1. The summed E-state index contributed by atoms with van der Waals surface area (Å²) in [5.41, 5.74) is 1.32. The molecule has 0 radical (unpaired) electrons. The molecule has 0 aliphatic heterocycles. The van der Waals surface area contributed by atoms with Crippen molar-refractivity contribution in [2.45, 2.75) is 58.4 Å². The number of urea groups is 1. The number of amides is 2. The Morgan fingerprint density at radius 1 is 1.15 bits per heavy atom. The van der Waals surface area contributed by atoms with Gasteiger partial charge in [0.2, 0.25) is 0 Å². The lowest BCUT2D eigenvalue weighted by Crippen LogP contribution is -2.41. The van der Waals surface area contributed by atoms with Crippen LogP contribution in [0, 0.1) is 0 Å². The molecule has 0 fully saturated rings. The van der Waals surface area contributed by atoms with Crippen molar-refractivity contribution in [3.05, 3.63) is 35.9 Å². The van der Waals surface area contributed by atoms with Crippen LogP contribution in [0.3, 0.4) is 0 Å². The van der Waals surface area contributed by atoms with Crippen molar-refractivity contribution in [1.29, 1.82) is 0 Å². The summed E-state index contributed by atoms with van der Waals surface area (Å²) in [5, 5.41) is 5.91. The SMILES string of the molecule is CCCCC[C@H](C)NC(=O)NCCCc1ccccc1. The Morgan fingerprint density at radius 2 is 1.90 bits per heavy atom. The minimum Gasteiger partial charge on any atom is -0.338 e. The molecule has 3 nitrogen and oxygen atoms in total. The van der Waals surface area contributed by atoms with Gasteiger partial charge in [0.1, 0.15) is 0 Å². The van der Waals surface area contributed by atoms with E-state index >= 15 is 0 Å². The summed E-state index contributed by atoms with van der Waals surface area (Å²) in [5.74, 6) is 0. The van der Waals surface area contributed by atoms with Crippen molar-refractivity contribution in [1.82, 2.24) is 10.6 Å². The van der Waals surface area contributed by atoms with E-state index in [1.165, 1.54) is 24.8 Å². The van der Waals surface area contributed by atoms with Gasteiger partial charge in [-0.3, -0.25) is 0 Å². The van der Waals surface area contributed by atoms with Crippen LogP contribution in [-0.2, 0) is 6.42 Å². The normalized spacial score (nSPS) is 11.9. The van der Waals surface area contributed by atoms with Crippen LogP contribution in [0.4, 0.5) is 4.79 Å². The topological polar surface area (TPSA) is 41.1 Å². The Kier molecular flexibility index (Phi) is 8.52. The average molecular weight is 276 g/mol. The van der Waals surface area contributed by atoms with Crippen molar-refractivity contribution in [3.8, 4) is 0 Å². The van der Waals surface area contributed by atoms with Crippen LogP contribution >= 0.6 is 0 Å². The van der Waals surface area contributed by atoms with Crippen LogP contribution in [-0.4, -0.2) is 18.6 Å². The molecule has 1 aromatic carbocycles. The number of carbonyl (C=O) groups is 1. The standard InChI is InChI=1S/C17H28N2O/c1-3-4-6-10-15(2)19-17(20)18-14-9-13-16-11-7-5-8-12-16/h5,7-8,11-12,15H,3-4,6,9-10,13-14H2,1-2H3,(H2,18,19,20)/t15-/m0/s1. The maximum atomic E-state index is 11.7. The van der Waals surface area contributed by atoms with Crippen LogP contribution in [0.15, 0.2) is 30.3 Å². The fourth-order valence-electron chi connectivity index (χ4n) is 2.19. The monoisotopic (exact) mass is 276 g/mol. The Labute approximate surface area is 123 Å². The van der Waals surface area contributed by atoms with Gasteiger partial charge in [0.25, 0.3) is 0 Å². The van der Waals surface area contributed by atoms with Crippen molar-refractivity contribution in [2.24, 2.45) is 0 Å². The first-order valence-electron chi connectivity index (χ1n) is 7.80. The number of rotatable bonds is 9. The van der Waals surface area contributed by atoms with Gasteiger partial charge in [-0.1, -0.05) is 56.5 Å². The molecule has 0 aromatic heterocycles. The third-order valence-electron chi connectivity index (χ3n) is 3.39. The van der Waals surface area contributed by atoms with Gasteiger partial charge in [-0.05, 0) is 31.7 Å². The summed E-state index contributed by atoms with van der Waals surface area (Å²) >= 11 is 0. The summed E-state index contributed by atoms with van der Waals surface area (Å²) in [7, 11) is 0. The molecule has 1 rings (SSSR count). The first-order chi connectivity index (χ1) is 9.72. The maximum absolute atomic E-state index is 11.7. The van der Waals surface area contributed by atoms with Gasteiger partial charge in [0.05, 0.1) is 0 Å². The first-order valence-corrected chi connectivity index (χ1v) is 7.80. The van der Waals surface area contributed by atoms with Crippen molar-refractivity contribution >= 4 is 6.03 Å². The zero-order valence-corrected chi connectivity index (χ0v) is 12.8. The molecule has 0 spiro atoms. The molecule has 112 valence electrons. The number of unbranched alkanes of at least 4 members (excludes halogenated alkanes) is 2. The molecule has 2 N–H and O–H groups in total. The number of nitrogens with one attached hydrogen (secondary N) is 2. The minimum absolute atomic E-state index is 0.0398. The highest BCUT2D eigenvalue weighted by Gasteiger charge is 2.05. The van der Waals surface area contributed by atoms with Crippen molar-refractivity contribution in [3.63, 3.8) is 0 Å². The van der Waals surface area contributed by atoms with E-state index in [-0.39, 0.29) is 12.1 Å². The first kappa shape index (κ1) is 16.5. The smallest absolute Gasteiger partial charge is 0.314 e. The fourth-order valence-corrected chi connectivity index (χ4v) is 2.19. The predicted octanol–water partition coefficient (Wildman–Crippen LogP) is 3.89. The van der Waals surface area contributed by atoms with E-state index in [9.17, 15) is 4.79 Å². The quantitative estimate of drug-likeness (QED) is 0.660. The summed E-state index contributed by atoms with van der Waals surface area (Å²) in [4.78, 5) is 11.7. The molecule has 2 amide bonds. The number of carbonyl (C=O) groups excluding carboxylic acids is 1. The van der Waals surface area contributed by atoms with E-state index in [1.54, 1.807) is 0 Å². The fraction of sp³-hybridized carbons (Fsp3) is 0.588. The Morgan fingerprint density at radius 3 is 2.60 bits per heavy atom. The molecule has 0 unspecified atom stereocenters. The highest BCUT2D eigenvalue weighted by Crippen LogP contribution is 2.03. The maximum Gasteiger partial charge on any atom is 0.314 e. The largest absolute Gasteiger partial charge is 0.338 e. The highest BCUT2D eigenvalue weighted by molar-refractivity contribution is 5.74. The van der Waals surface area contributed by atoms with Crippen LogP contribution in [0.1, 0.15) is 51.5 Å².